The number of aryl methyl sites for hydroxylation is 2. The molecule has 0 aromatic carbocycles. The van der Waals surface area contributed by atoms with Gasteiger partial charge in [0.2, 0.25) is 0 Å². The average Bonchev–Trinajstić information content (AvgIpc) is 2.59. The second-order valence-corrected chi connectivity index (χ2v) is 5.22. The minimum atomic E-state index is 0.121. The van der Waals surface area contributed by atoms with Crippen LogP contribution in [-0.4, -0.2) is 28.9 Å². The van der Waals surface area contributed by atoms with E-state index in [1.807, 2.05) is 18.7 Å². The number of carbonyl (C=O) groups is 1. The number of hydrogen-bond donors (Lipinski definition) is 0. The predicted molar refractivity (Wildman–Crippen MR) is 61.3 cm³/mol. The second-order valence-electron chi connectivity index (χ2n) is 4.01. The van der Waals surface area contributed by atoms with Crippen LogP contribution in [0.1, 0.15) is 39.6 Å². The van der Waals surface area contributed by atoms with Crippen molar-refractivity contribution in [3.8, 4) is 0 Å². The fourth-order valence-corrected chi connectivity index (χ4v) is 2.68. The van der Waals surface area contributed by atoms with Gasteiger partial charge >= 0.3 is 0 Å². The van der Waals surface area contributed by atoms with Gasteiger partial charge in [0.25, 0.3) is 5.91 Å². The Balaban J connectivity index is 2.12. The molecule has 1 saturated heterocycles. The van der Waals surface area contributed by atoms with E-state index < -0.39 is 0 Å². The third kappa shape index (κ3) is 2.20. The van der Waals surface area contributed by atoms with Crippen molar-refractivity contribution in [3.05, 3.63) is 15.6 Å². The van der Waals surface area contributed by atoms with Crippen LogP contribution in [0.3, 0.4) is 0 Å². The molecule has 82 valence electrons. The van der Waals surface area contributed by atoms with Crippen molar-refractivity contribution in [2.75, 3.05) is 13.1 Å². The summed E-state index contributed by atoms with van der Waals surface area (Å²) in [7, 11) is 0. The molecule has 2 heterocycles. The first-order valence-corrected chi connectivity index (χ1v) is 6.23. The van der Waals surface area contributed by atoms with Gasteiger partial charge in [-0.05, 0) is 33.1 Å². The molecule has 4 heteroatoms. The molecule has 1 fully saturated rings. The fraction of sp³-hybridized carbons (Fsp3) is 0.636. The molecule has 0 spiro atoms. The van der Waals surface area contributed by atoms with Gasteiger partial charge in [-0.1, -0.05) is 0 Å². The van der Waals surface area contributed by atoms with Crippen molar-refractivity contribution in [2.24, 2.45) is 0 Å². The van der Waals surface area contributed by atoms with Crippen molar-refractivity contribution >= 4 is 17.2 Å². The van der Waals surface area contributed by atoms with Crippen LogP contribution in [-0.2, 0) is 0 Å². The maximum atomic E-state index is 12.0. The Morgan fingerprint density at radius 1 is 1.27 bits per heavy atom. The van der Waals surface area contributed by atoms with Crippen LogP contribution < -0.4 is 0 Å². The number of likely N-dealkylation sites (tertiary alicyclic amines) is 1. The van der Waals surface area contributed by atoms with Crippen molar-refractivity contribution in [1.29, 1.82) is 0 Å². The highest BCUT2D eigenvalue weighted by Gasteiger charge is 2.21. The topological polar surface area (TPSA) is 33.2 Å². The number of carbonyl (C=O) groups excluding carboxylic acids is 1. The normalized spacial score (nSPS) is 16.8. The Bertz CT molecular complexity index is 347. The lowest BCUT2D eigenvalue weighted by atomic mass is 10.1. The van der Waals surface area contributed by atoms with Gasteiger partial charge in [-0.2, -0.15) is 0 Å². The van der Waals surface area contributed by atoms with E-state index in [1.54, 1.807) is 0 Å². The summed E-state index contributed by atoms with van der Waals surface area (Å²) in [6.45, 7) is 5.77. The third-order valence-corrected chi connectivity index (χ3v) is 3.92. The van der Waals surface area contributed by atoms with E-state index >= 15 is 0 Å². The fourth-order valence-electron chi connectivity index (χ4n) is 1.80. The molecular formula is C11H16N2OS. The smallest absolute Gasteiger partial charge is 0.282 e. The van der Waals surface area contributed by atoms with Crippen LogP contribution in [0.25, 0.3) is 0 Å². The van der Waals surface area contributed by atoms with E-state index in [-0.39, 0.29) is 5.91 Å². The SMILES string of the molecule is Cc1nc(C(=O)N2CCCCC2)sc1C. The van der Waals surface area contributed by atoms with Gasteiger partial charge < -0.3 is 4.90 Å². The molecule has 0 bridgehead atoms. The molecule has 0 N–H and O–H groups in total. The number of nitrogens with zero attached hydrogens (tertiary/aromatic N) is 2. The quantitative estimate of drug-likeness (QED) is 0.734. The second kappa shape index (κ2) is 4.31. The van der Waals surface area contributed by atoms with E-state index in [0.717, 1.165) is 36.5 Å². The van der Waals surface area contributed by atoms with Gasteiger partial charge in [-0.3, -0.25) is 4.79 Å². The molecule has 0 radical (unpaired) electrons. The van der Waals surface area contributed by atoms with Crippen molar-refractivity contribution in [3.63, 3.8) is 0 Å². The summed E-state index contributed by atoms with van der Waals surface area (Å²) >= 11 is 1.51. The van der Waals surface area contributed by atoms with Crippen molar-refractivity contribution < 1.29 is 4.79 Å². The zero-order valence-electron chi connectivity index (χ0n) is 9.25. The average molecular weight is 224 g/mol. The molecule has 1 aliphatic rings. The summed E-state index contributed by atoms with van der Waals surface area (Å²) in [5, 5.41) is 0.659. The minimum Gasteiger partial charge on any atom is -0.337 e. The first-order chi connectivity index (χ1) is 7.18. The highest BCUT2D eigenvalue weighted by molar-refractivity contribution is 7.13. The Kier molecular flexibility index (Phi) is 3.05. The van der Waals surface area contributed by atoms with E-state index in [4.69, 9.17) is 0 Å². The zero-order valence-corrected chi connectivity index (χ0v) is 10.1. The molecule has 1 aromatic rings. The zero-order chi connectivity index (χ0) is 10.8. The van der Waals surface area contributed by atoms with E-state index in [2.05, 4.69) is 4.98 Å². The number of rotatable bonds is 1. The lowest BCUT2D eigenvalue weighted by molar-refractivity contribution is 0.0724. The number of hydrogen-bond acceptors (Lipinski definition) is 3. The number of amides is 1. The molecule has 0 atom stereocenters. The Labute approximate surface area is 94.1 Å². The molecule has 3 nitrogen and oxygen atoms in total. The monoisotopic (exact) mass is 224 g/mol. The Morgan fingerprint density at radius 2 is 1.93 bits per heavy atom. The van der Waals surface area contributed by atoms with Crippen LogP contribution in [0.5, 0.6) is 0 Å². The first kappa shape index (κ1) is 10.6. The van der Waals surface area contributed by atoms with Crippen LogP contribution in [0.4, 0.5) is 0 Å². The van der Waals surface area contributed by atoms with Gasteiger partial charge in [0, 0.05) is 18.0 Å². The van der Waals surface area contributed by atoms with Gasteiger partial charge in [0.05, 0.1) is 5.69 Å². The molecular weight excluding hydrogens is 208 g/mol. The van der Waals surface area contributed by atoms with Gasteiger partial charge in [0.15, 0.2) is 5.01 Å². The standard InChI is InChI=1S/C11H16N2OS/c1-8-9(2)15-10(12-8)11(14)13-6-4-3-5-7-13/h3-7H2,1-2H3. The summed E-state index contributed by atoms with van der Waals surface area (Å²) in [4.78, 5) is 19.4. The summed E-state index contributed by atoms with van der Waals surface area (Å²) in [6.07, 6.45) is 3.52. The molecule has 0 unspecified atom stereocenters. The maximum absolute atomic E-state index is 12.0. The predicted octanol–water partition coefficient (Wildman–Crippen LogP) is 2.39. The van der Waals surface area contributed by atoms with Crippen LogP contribution >= 0.6 is 11.3 Å². The van der Waals surface area contributed by atoms with Crippen LogP contribution in [0.15, 0.2) is 0 Å². The van der Waals surface area contributed by atoms with Gasteiger partial charge in [-0.15, -0.1) is 11.3 Å². The maximum Gasteiger partial charge on any atom is 0.282 e. The lowest BCUT2D eigenvalue weighted by Gasteiger charge is -2.25. The van der Waals surface area contributed by atoms with E-state index in [9.17, 15) is 4.79 Å². The number of aromatic nitrogens is 1. The molecule has 15 heavy (non-hydrogen) atoms. The minimum absolute atomic E-state index is 0.121. The van der Waals surface area contributed by atoms with Crippen LogP contribution in [0, 0.1) is 13.8 Å². The largest absolute Gasteiger partial charge is 0.337 e. The highest BCUT2D eigenvalue weighted by Crippen LogP contribution is 2.20. The Morgan fingerprint density at radius 3 is 2.47 bits per heavy atom. The van der Waals surface area contributed by atoms with Crippen LogP contribution in [0.2, 0.25) is 0 Å². The lowest BCUT2D eigenvalue weighted by Crippen LogP contribution is -2.35. The van der Waals surface area contributed by atoms with Gasteiger partial charge in [0.1, 0.15) is 0 Å². The molecule has 2 rings (SSSR count). The van der Waals surface area contributed by atoms with Crippen molar-refractivity contribution in [1.82, 2.24) is 9.88 Å². The van der Waals surface area contributed by atoms with Gasteiger partial charge in [-0.25, -0.2) is 4.98 Å². The Hall–Kier alpha value is -0.900. The third-order valence-electron chi connectivity index (χ3n) is 2.85. The van der Waals surface area contributed by atoms with E-state index in [0.29, 0.717) is 5.01 Å². The number of thiazole rings is 1. The summed E-state index contributed by atoms with van der Waals surface area (Å²) < 4.78 is 0. The molecule has 0 saturated carbocycles. The summed E-state index contributed by atoms with van der Waals surface area (Å²) in [6, 6.07) is 0. The van der Waals surface area contributed by atoms with Crippen molar-refractivity contribution in [2.45, 2.75) is 33.1 Å². The summed E-state index contributed by atoms with van der Waals surface area (Å²) in [5.41, 5.74) is 0.986. The number of piperidine rings is 1. The highest BCUT2D eigenvalue weighted by atomic mass is 32.1. The summed E-state index contributed by atoms with van der Waals surface area (Å²) in [5.74, 6) is 0.121. The molecule has 1 amide bonds. The molecule has 0 aliphatic carbocycles. The molecule has 1 aromatic heterocycles. The van der Waals surface area contributed by atoms with E-state index in [1.165, 1.54) is 17.8 Å². The first-order valence-electron chi connectivity index (χ1n) is 5.42. The molecule has 1 aliphatic heterocycles.